The number of thiocarbonyl (C=S) groups is 1. The highest BCUT2D eigenvalue weighted by atomic mass is 79.9. The van der Waals surface area contributed by atoms with Crippen LogP contribution in [0.4, 0.5) is 5.69 Å². The number of nitrogens with zero attached hydrogens (tertiary/aromatic N) is 1. The second-order valence-corrected chi connectivity index (χ2v) is 8.01. The van der Waals surface area contributed by atoms with Crippen LogP contribution in [-0.2, 0) is 9.59 Å². The number of carbonyl (C=O) groups is 2. The van der Waals surface area contributed by atoms with Gasteiger partial charge in [0.25, 0.3) is 11.8 Å². The summed E-state index contributed by atoms with van der Waals surface area (Å²) in [5, 5.41) is 2.70. The van der Waals surface area contributed by atoms with E-state index in [1.165, 1.54) is 10.5 Å². The molecule has 0 atom stereocenters. The molecule has 2 aromatic rings. The minimum atomic E-state index is -0.482. The fraction of sp³-hybridized carbons (Fsp3) is 0.190. The molecule has 6 heteroatoms. The first-order chi connectivity index (χ1) is 12.8. The van der Waals surface area contributed by atoms with E-state index in [4.69, 9.17) is 12.2 Å². The standard InChI is InChI=1S/C21H19BrN2O2S/c1-12(2)15-6-4-14(5-7-15)11-17-19(25)23-21(27)24(20(17)26)18-9-8-16(22)10-13(18)3/h4-12H,1-3H3,(H,23,25,27)/b17-11+. The zero-order chi connectivity index (χ0) is 19.7. The Kier molecular flexibility index (Phi) is 5.58. The summed E-state index contributed by atoms with van der Waals surface area (Å²) in [6.45, 7) is 6.12. The number of carbonyl (C=O) groups excluding carboxylic acids is 2. The summed E-state index contributed by atoms with van der Waals surface area (Å²) in [5.74, 6) is -0.495. The minimum Gasteiger partial charge on any atom is -0.298 e. The summed E-state index contributed by atoms with van der Waals surface area (Å²) in [6, 6.07) is 13.4. The quantitative estimate of drug-likeness (QED) is 0.425. The Morgan fingerprint density at radius 3 is 2.37 bits per heavy atom. The fourth-order valence-electron chi connectivity index (χ4n) is 2.89. The van der Waals surface area contributed by atoms with E-state index in [0.717, 1.165) is 15.6 Å². The second kappa shape index (κ2) is 7.74. The van der Waals surface area contributed by atoms with Gasteiger partial charge in [-0.3, -0.25) is 19.8 Å². The van der Waals surface area contributed by atoms with Crippen molar-refractivity contribution in [2.45, 2.75) is 26.7 Å². The third kappa shape index (κ3) is 4.01. The van der Waals surface area contributed by atoms with Crippen LogP contribution in [-0.4, -0.2) is 16.9 Å². The lowest BCUT2D eigenvalue weighted by Crippen LogP contribution is -2.54. The van der Waals surface area contributed by atoms with Gasteiger partial charge in [-0.05, 0) is 66.0 Å². The molecule has 0 bridgehead atoms. The molecule has 3 rings (SSSR count). The van der Waals surface area contributed by atoms with Gasteiger partial charge in [0.1, 0.15) is 5.57 Å². The van der Waals surface area contributed by atoms with Gasteiger partial charge in [-0.1, -0.05) is 54.0 Å². The average Bonchev–Trinajstić information content (AvgIpc) is 2.60. The van der Waals surface area contributed by atoms with Crippen molar-refractivity contribution in [3.05, 3.63) is 69.2 Å². The Morgan fingerprint density at radius 1 is 1.11 bits per heavy atom. The van der Waals surface area contributed by atoms with Crippen molar-refractivity contribution >= 4 is 56.8 Å². The van der Waals surface area contributed by atoms with E-state index in [2.05, 4.69) is 35.1 Å². The highest BCUT2D eigenvalue weighted by Crippen LogP contribution is 2.28. The Balaban J connectivity index is 1.99. The van der Waals surface area contributed by atoms with Gasteiger partial charge in [0.15, 0.2) is 5.11 Å². The molecular weight excluding hydrogens is 424 g/mol. The Bertz CT molecular complexity index is 965. The van der Waals surface area contributed by atoms with Gasteiger partial charge in [0.05, 0.1) is 5.69 Å². The maximum Gasteiger partial charge on any atom is 0.270 e. The van der Waals surface area contributed by atoms with Crippen LogP contribution < -0.4 is 10.2 Å². The number of rotatable bonds is 3. The first-order valence-corrected chi connectivity index (χ1v) is 9.75. The number of anilines is 1. The lowest BCUT2D eigenvalue weighted by molar-refractivity contribution is -0.122. The summed E-state index contributed by atoms with van der Waals surface area (Å²) in [6.07, 6.45) is 1.60. The third-order valence-electron chi connectivity index (χ3n) is 4.42. The van der Waals surface area contributed by atoms with Gasteiger partial charge in [0.2, 0.25) is 0 Å². The van der Waals surface area contributed by atoms with Crippen molar-refractivity contribution in [3.8, 4) is 0 Å². The van der Waals surface area contributed by atoms with Gasteiger partial charge in [-0.2, -0.15) is 0 Å². The summed E-state index contributed by atoms with van der Waals surface area (Å²) in [7, 11) is 0. The molecule has 0 aliphatic carbocycles. The molecule has 2 amide bonds. The van der Waals surface area contributed by atoms with Crippen LogP contribution in [0.25, 0.3) is 6.08 Å². The molecule has 2 aromatic carbocycles. The highest BCUT2D eigenvalue weighted by Gasteiger charge is 2.35. The normalized spacial score (nSPS) is 16.3. The van der Waals surface area contributed by atoms with Crippen LogP contribution in [0.2, 0.25) is 0 Å². The minimum absolute atomic E-state index is 0.0585. The third-order valence-corrected chi connectivity index (χ3v) is 5.19. The van der Waals surface area contributed by atoms with Crippen molar-refractivity contribution < 1.29 is 9.59 Å². The van der Waals surface area contributed by atoms with E-state index in [0.29, 0.717) is 11.6 Å². The smallest absolute Gasteiger partial charge is 0.270 e. The zero-order valence-electron chi connectivity index (χ0n) is 15.2. The van der Waals surface area contributed by atoms with Crippen molar-refractivity contribution in [3.63, 3.8) is 0 Å². The first kappa shape index (κ1) is 19.5. The van der Waals surface area contributed by atoms with Crippen molar-refractivity contribution in [2.24, 2.45) is 0 Å². The van der Waals surface area contributed by atoms with E-state index < -0.39 is 11.8 Å². The van der Waals surface area contributed by atoms with Crippen molar-refractivity contribution in [1.82, 2.24) is 5.32 Å². The molecule has 1 N–H and O–H groups in total. The number of benzene rings is 2. The molecule has 1 fully saturated rings. The molecule has 0 saturated carbocycles. The molecule has 0 spiro atoms. The monoisotopic (exact) mass is 442 g/mol. The fourth-order valence-corrected chi connectivity index (χ4v) is 3.64. The molecule has 0 unspecified atom stereocenters. The van der Waals surface area contributed by atoms with Crippen LogP contribution in [0.5, 0.6) is 0 Å². The molecule has 27 heavy (non-hydrogen) atoms. The van der Waals surface area contributed by atoms with Gasteiger partial charge in [-0.15, -0.1) is 0 Å². The number of hydrogen-bond acceptors (Lipinski definition) is 3. The second-order valence-electron chi connectivity index (χ2n) is 6.71. The molecule has 4 nitrogen and oxygen atoms in total. The van der Waals surface area contributed by atoms with Gasteiger partial charge in [-0.25, -0.2) is 0 Å². The largest absolute Gasteiger partial charge is 0.298 e. The molecule has 1 aliphatic heterocycles. The summed E-state index contributed by atoms with van der Waals surface area (Å²) in [5.41, 5.74) is 3.57. The summed E-state index contributed by atoms with van der Waals surface area (Å²) < 4.78 is 0.907. The summed E-state index contributed by atoms with van der Waals surface area (Å²) in [4.78, 5) is 26.8. The zero-order valence-corrected chi connectivity index (χ0v) is 17.6. The van der Waals surface area contributed by atoms with Crippen molar-refractivity contribution in [1.29, 1.82) is 0 Å². The van der Waals surface area contributed by atoms with Crippen LogP contribution in [0.3, 0.4) is 0 Å². The Morgan fingerprint density at radius 2 is 1.78 bits per heavy atom. The molecule has 0 radical (unpaired) electrons. The molecule has 138 valence electrons. The summed E-state index contributed by atoms with van der Waals surface area (Å²) >= 11 is 8.67. The predicted octanol–water partition coefficient (Wildman–Crippen LogP) is 4.71. The molecule has 1 aliphatic rings. The lowest BCUT2D eigenvalue weighted by atomic mass is 10.0. The lowest BCUT2D eigenvalue weighted by Gasteiger charge is -2.30. The van der Waals surface area contributed by atoms with Gasteiger partial charge >= 0.3 is 0 Å². The number of nitrogens with one attached hydrogen (secondary N) is 1. The van der Waals surface area contributed by atoms with E-state index >= 15 is 0 Å². The SMILES string of the molecule is Cc1cc(Br)ccc1N1C(=O)/C(=C/c2ccc(C(C)C)cc2)C(=O)NC1=S. The number of halogens is 1. The Labute approximate surface area is 172 Å². The molecule has 1 saturated heterocycles. The predicted molar refractivity (Wildman–Crippen MR) is 116 cm³/mol. The average molecular weight is 443 g/mol. The molecule has 1 heterocycles. The van der Waals surface area contributed by atoms with E-state index in [9.17, 15) is 9.59 Å². The van der Waals surface area contributed by atoms with E-state index in [1.807, 2.05) is 43.3 Å². The van der Waals surface area contributed by atoms with Crippen LogP contribution in [0.1, 0.15) is 36.5 Å². The Hall–Kier alpha value is -2.31. The topological polar surface area (TPSA) is 49.4 Å². The first-order valence-electron chi connectivity index (χ1n) is 8.55. The van der Waals surface area contributed by atoms with E-state index in [-0.39, 0.29) is 10.7 Å². The van der Waals surface area contributed by atoms with Crippen molar-refractivity contribution in [2.75, 3.05) is 4.90 Å². The highest BCUT2D eigenvalue weighted by molar-refractivity contribution is 9.10. The van der Waals surface area contributed by atoms with Gasteiger partial charge < -0.3 is 0 Å². The maximum absolute atomic E-state index is 13.1. The number of aryl methyl sites for hydroxylation is 1. The van der Waals surface area contributed by atoms with Gasteiger partial charge in [0, 0.05) is 4.47 Å². The molecular formula is C21H19BrN2O2S. The number of hydrogen-bond donors (Lipinski definition) is 1. The van der Waals surface area contributed by atoms with Crippen LogP contribution in [0, 0.1) is 6.92 Å². The van der Waals surface area contributed by atoms with E-state index in [1.54, 1.807) is 12.1 Å². The molecule has 0 aromatic heterocycles. The van der Waals surface area contributed by atoms with Crippen LogP contribution in [0.15, 0.2) is 52.5 Å². The number of amides is 2. The van der Waals surface area contributed by atoms with Crippen LogP contribution >= 0.6 is 28.1 Å². The maximum atomic E-state index is 13.1.